The molecule has 8 heteroatoms. The Labute approximate surface area is 118 Å². The molecule has 2 aromatic rings. The number of amides is 2. The normalized spacial score (nSPS) is 11.2. The van der Waals surface area contributed by atoms with Crippen LogP contribution in [0.2, 0.25) is 0 Å². The van der Waals surface area contributed by atoms with Gasteiger partial charge in [0.15, 0.2) is 0 Å². The van der Waals surface area contributed by atoms with Gasteiger partial charge >= 0.3 is 12.2 Å². The van der Waals surface area contributed by atoms with Crippen molar-refractivity contribution in [2.45, 2.75) is 12.7 Å². The van der Waals surface area contributed by atoms with Crippen LogP contribution in [0.1, 0.15) is 11.1 Å². The van der Waals surface area contributed by atoms with E-state index in [0.717, 1.165) is 17.7 Å². The molecule has 1 aromatic carbocycles. The van der Waals surface area contributed by atoms with Crippen LogP contribution in [0.5, 0.6) is 0 Å². The number of nitrogens with zero attached hydrogens (tertiary/aromatic N) is 2. The number of benzene rings is 1. The first-order valence-corrected chi connectivity index (χ1v) is 6.04. The molecule has 0 spiro atoms. The molecule has 0 unspecified atom stereocenters. The summed E-state index contributed by atoms with van der Waals surface area (Å²) in [6, 6.07) is 3.73. The quantitative estimate of drug-likeness (QED) is 0.915. The largest absolute Gasteiger partial charge is 0.416 e. The van der Waals surface area contributed by atoms with Gasteiger partial charge in [-0.3, -0.25) is 4.68 Å². The van der Waals surface area contributed by atoms with Gasteiger partial charge in [0.1, 0.15) is 0 Å². The van der Waals surface area contributed by atoms with E-state index in [0.29, 0.717) is 0 Å². The summed E-state index contributed by atoms with van der Waals surface area (Å²) in [5.74, 6) is 0. The molecule has 0 aliphatic carbocycles. The summed E-state index contributed by atoms with van der Waals surface area (Å²) in [7, 11) is 1.76. The van der Waals surface area contributed by atoms with E-state index in [2.05, 4.69) is 15.7 Å². The molecular formula is C13H13F3N4O. The van der Waals surface area contributed by atoms with Crippen molar-refractivity contribution in [3.8, 4) is 0 Å². The highest BCUT2D eigenvalue weighted by Crippen LogP contribution is 2.29. The Kier molecular flexibility index (Phi) is 4.15. The van der Waals surface area contributed by atoms with Crippen molar-refractivity contribution >= 4 is 11.7 Å². The Bertz CT molecular complexity index is 619. The summed E-state index contributed by atoms with van der Waals surface area (Å²) >= 11 is 0. The number of carbonyl (C=O) groups is 1. The highest BCUT2D eigenvalue weighted by atomic mass is 19.4. The minimum absolute atomic E-state index is 0.278. The van der Waals surface area contributed by atoms with Gasteiger partial charge in [0, 0.05) is 31.0 Å². The third kappa shape index (κ3) is 4.23. The molecule has 5 nitrogen and oxygen atoms in total. The Hall–Kier alpha value is -2.51. The molecule has 2 N–H and O–H groups in total. The van der Waals surface area contributed by atoms with Gasteiger partial charge in [-0.1, -0.05) is 0 Å². The Morgan fingerprint density at radius 3 is 2.48 bits per heavy atom. The highest BCUT2D eigenvalue weighted by molar-refractivity contribution is 5.89. The number of halogens is 3. The Balaban J connectivity index is 1.88. The summed E-state index contributed by atoms with van der Waals surface area (Å²) < 4.78 is 38.8. The van der Waals surface area contributed by atoms with Crippen LogP contribution >= 0.6 is 0 Å². The molecule has 1 heterocycles. The van der Waals surface area contributed by atoms with Crippen LogP contribution in [0.25, 0.3) is 0 Å². The van der Waals surface area contributed by atoms with Crippen molar-refractivity contribution in [3.63, 3.8) is 0 Å². The second-order valence-corrected chi connectivity index (χ2v) is 4.41. The lowest BCUT2D eigenvalue weighted by Crippen LogP contribution is -2.28. The van der Waals surface area contributed by atoms with Crippen LogP contribution in [0.4, 0.5) is 23.7 Å². The van der Waals surface area contributed by atoms with Crippen LogP contribution in [-0.4, -0.2) is 15.8 Å². The topological polar surface area (TPSA) is 59.0 Å². The van der Waals surface area contributed by atoms with Gasteiger partial charge in [-0.25, -0.2) is 4.79 Å². The fourth-order valence-electron chi connectivity index (χ4n) is 1.66. The van der Waals surface area contributed by atoms with Crippen molar-refractivity contribution < 1.29 is 18.0 Å². The molecule has 21 heavy (non-hydrogen) atoms. The number of hydrogen-bond donors (Lipinski definition) is 2. The van der Waals surface area contributed by atoms with Gasteiger partial charge in [-0.2, -0.15) is 18.3 Å². The fourth-order valence-corrected chi connectivity index (χ4v) is 1.66. The molecule has 2 rings (SSSR count). The third-order valence-electron chi connectivity index (χ3n) is 2.68. The summed E-state index contributed by atoms with van der Waals surface area (Å²) in [5, 5.41) is 8.98. The predicted molar refractivity (Wildman–Crippen MR) is 70.5 cm³/mol. The number of hydrogen-bond acceptors (Lipinski definition) is 2. The van der Waals surface area contributed by atoms with E-state index in [4.69, 9.17) is 0 Å². The van der Waals surface area contributed by atoms with Crippen molar-refractivity contribution in [1.29, 1.82) is 0 Å². The number of anilines is 1. The van der Waals surface area contributed by atoms with Crippen LogP contribution in [0.15, 0.2) is 36.7 Å². The van der Waals surface area contributed by atoms with Crippen molar-refractivity contribution in [2.75, 3.05) is 5.32 Å². The van der Waals surface area contributed by atoms with E-state index in [1.165, 1.54) is 12.1 Å². The Morgan fingerprint density at radius 1 is 1.29 bits per heavy atom. The molecule has 0 aliphatic rings. The van der Waals surface area contributed by atoms with Crippen molar-refractivity contribution in [2.24, 2.45) is 7.05 Å². The number of aromatic nitrogens is 2. The minimum Gasteiger partial charge on any atom is -0.334 e. The number of rotatable bonds is 3. The molecule has 0 bridgehead atoms. The van der Waals surface area contributed by atoms with Crippen LogP contribution in [-0.2, 0) is 19.8 Å². The van der Waals surface area contributed by atoms with Crippen molar-refractivity contribution in [3.05, 3.63) is 47.8 Å². The maximum Gasteiger partial charge on any atom is 0.416 e. The SMILES string of the molecule is Cn1cc(CNC(=O)Nc2ccc(C(F)(F)F)cc2)cn1. The van der Waals surface area contributed by atoms with Crippen molar-refractivity contribution in [1.82, 2.24) is 15.1 Å². The molecule has 0 radical (unpaired) electrons. The average Bonchev–Trinajstić information content (AvgIpc) is 2.82. The lowest BCUT2D eigenvalue weighted by molar-refractivity contribution is -0.137. The molecule has 1 aromatic heterocycles. The third-order valence-corrected chi connectivity index (χ3v) is 2.68. The first-order chi connectivity index (χ1) is 9.84. The summed E-state index contributed by atoms with van der Waals surface area (Å²) in [4.78, 5) is 11.6. The Morgan fingerprint density at radius 2 is 1.95 bits per heavy atom. The number of carbonyl (C=O) groups excluding carboxylic acids is 1. The zero-order valence-corrected chi connectivity index (χ0v) is 11.1. The summed E-state index contributed by atoms with van der Waals surface area (Å²) in [5.41, 5.74) is 0.343. The van der Waals surface area contributed by atoms with Gasteiger partial charge in [-0.15, -0.1) is 0 Å². The monoisotopic (exact) mass is 298 g/mol. The van der Waals surface area contributed by atoms with Gasteiger partial charge in [0.25, 0.3) is 0 Å². The van der Waals surface area contributed by atoms with Crippen LogP contribution < -0.4 is 10.6 Å². The first-order valence-electron chi connectivity index (χ1n) is 6.04. The van der Waals surface area contributed by atoms with Gasteiger partial charge < -0.3 is 10.6 Å². The molecule has 112 valence electrons. The first kappa shape index (κ1) is 14.9. The fraction of sp³-hybridized carbons (Fsp3) is 0.231. The van der Waals surface area contributed by atoms with Gasteiger partial charge in [0.05, 0.1) is 11.8 Å². The molecule has 0 saturated carbocycles. The van der Waals surface area contributed by atoms with Crippen LogP contribution in [0.3, 0.4) is 0 Å². The van der Waals surface area contributed by atoms with E-state index in [9.17, 15) is 18.0 Å². The number of urea groups is 1. The maximum atomic E-state index is 12.4. The van der Waals surface area contributed by atoms with E-state index >= 15 is 0 Å². The van der Waals surface area contributed by atoms with Crippen LogP contribution in [0, 0.1) is 0 Å². The maximum absolute atomic E-state index is 12.4. The smallest absolute Gasteiger partial charge is 0.334 e. The standard InChI is InChI=1S/C13H13F3N4O/c1-20-8-9(7-18-20)6-17-12(21)19-11-4-2-10(3-5-11)13(14,15)16/h2-5,7-8H,6H2,1H3,(H2,17,19,21). The van der Waals surface area contributed by atoms with E-state index in [-0.39, 0.29) is 12.2 Å². The molecule has 0 aliphatic heterocycles. The zero-order valence-electron chi connectivity index (χ0n) is 11.1. The molecule has 0 atom stereocenters. The van der Waals surface area contributed by atoms with E-state index < -0.39 is 17.8 Å². The second kappa shape index (κ2) is 5.86. The second-order valence-electron chi connectivity index (χ2n) is 4.41. The molecule has 0 fully saturated rings. The molecular weight excluding hydrogens is 285 g/mol. The zero-order chi connectivity index (χ0) is 15.5. The number of aryl methyl sites for hydroxylation is 1. The highest BCUT2D eigenvalue weighted by Gasteiger charge is 2.29. The average molecular weight is 298 g/mol. The van der Waals surface area contributed by atoms with Gasteiger partial charge in [0.2, 0.25) is 0 Å². The lowest BCUT2D eigenvalue weighted by Gasteiger charge is -2.09. The molecule has 2 amide bonds. The van der Waals surface area contributed by atoms with Gasteiger partial charge in [-0.05, 0) is 24.3 Å². The summed E-state index contributed by atoms with van der Waals surface area (Å²) in [6.07, 6.45) is -1.03. The minimum atomic E-state index is -4.39. The molecule has 0 saturated heterocycles. The number of nitrogens with one attached hydrogen (secondary N) is 2. The lowest BCUT2D eigenvalue weighted by atomic mass is 10.2. The van der Waals surface area contributed by atoms with E-state index in [1.807, 2.05) is 0 Å². The number of alkyl halides is 3. The summed E-state index contributed by atoms with van der Waals surface area (Å²) in [6.45, 7) is 0.278. The van der Waals surface area contributed by atoms with E-state index in [1.54, 1.807) is 24.1 Å². The predicted octanol–water partition coefficient (Wildman–Crippen LogP) is 2.76.